The van der Waals surface area contributed by atoms with Crippen LogP contribution in [-0.2, 0) is 0 Å². The third-order valence-electron chi connectivity index (χ3n) is 3.57. The van der Waals surface area contributed by atoms with E-state index in [4.69, 9.17) is 5.73 Å². The van der Waals surface area contributed by atoms with E-state index >= 15 is 0 Å². The third kappa shape index (κ3) is 6.59. The Hall–Kier alpha value is -1.59. The average Bonchev–Trinajstić information content (AvgIpc) is 2.52. The highest BCUT2D eigenvalue weighted by molar-refractivity contribution is 5.99. The summed E-state index contributed by atoms with van der Waals surface area (Å²) in [6.45, 7) is 7.12. The van der Waals surface area contributed by atoms with Crippen molar-refractivity contribution < 1.29 is 9.59 Å². The molecular weight excluding hydrogens is 314 g/mol. The Morgan fingerprint density at radius 2 is 1.87 bits per heavy atom. The molecule has 0 saturated heterocycles. The molecule has 0 spiro atoms. The molecule has 3 N–H and O–H groups in total. The summed E-state index contributed by atoms with van der Waals surface area (Å²) in [4.78, 5) is 26.1. The molecule has 1 aromatic carbocycles. The first-order valence-corrected chi connectivity index (χ1v) is 7.75. The fraction of sp³-hybridized carbons (Fsp3) is 0.529. The number of carbonyl (C=O) groups is 2. The monoisotopic (exact) mass is 341 g/mol. The van der Waals surface area contributed by atoms with Crippen LogP contribution in [0.2, 0.25) is 0 Å². The molecule has 6 heteroatoms. The van der Waals surface area contributed by atoms with Gasteiger partial charge in [0.15, 0.2) is 0 Å². The summed E-state index contributed by atoms with van der Waals surface area (Å²) in [6, 6.07) is 6.74. The van der Waals surface area contributed by atoms with Gasteiger partial charge in [0.1, 0.15) is 0 Å². The number of benzene rings is 1. The number of carbonyl (C=O) groups excluding carboxylic acids is 2. The summed E-state index contributed by atoms with van der Waals surface area (Å²) in [5.74, 6) is 0.180. The molecule has 1 unspecified atom stereocenters. The van der Waals surface area contributed by atoms with Gasteiger partial charge in [0.25, 0.3) is 11.8 Å². The van der Waals surface area contributed by atoms with E-state index in [1.54, 1.807) is 36.2 Å². The first-order valence-electron chi connectivity index (χ1n) is 7.75. The number of nitrogens with one attached hydrogen (secondary N) is 1. The van der Waals surface area contributed by atoms with E-state index < -0.39 is 0 Å². The zero-order valence-electron chi connectivity index (χ0n) is 14.3. The van der Waals surface area contributed by atoms with Crippen LogP contribution >= 0.6 is 12.4 Å². The van der Waals surface area contributed by atoms with E-state index in [1.807, 2.05) is 6.92 Å². The van der Waals surface area contributed by atoms with Gasteiger partial charge in [0.2, 0.25) is 0 Å². The predicted molar refractivity (Wildman–Crippen MR) is 96.1 cm³/mol. The number of hydrogen-bond donors (Lipinski definition) is 2. The molecule has 23 heavy (non-hydrogen) atoms. The normalized spacial score (nSPS) is 11.6. The summed E-state index contributed by atoms with van der Waals surface area (Å²) in [5.41, 5.74) is 6.71. The summed E-state index contributed by atoms with van der Waals surface area (Å²) >= 11 is 0. The van der Waals surface area contributed by atoms with Gasteiger partial charge in [0, 0.05) is 37.3 Å². The number of rotatable bonds is 7. The molecule has 1 atom stereocenters. The number of halogens is 1. The van der Waals surface area contributed by atoms with E-state index in [-0.39, 0.29) is 30.3 Å². The SMILES string of the molecule is CCN(C)C(=O)c1cccc(C(=O)NC(CN)CC(C)C)c1.Cl. The van der Waals surface area contributed by atoms with E-state index in [0.717, 1.165) is 6.42 Å². The van der Waals surface area contributed by atoms with Crippen LogP contribution in [0.3, 0.4) is 0 Å². The molecule has 2 amide bonds. The number of nitrogens with zero attached hydrogens (tertiary/aromatic N) is 1. The van der Waals surface area contributed by atoms with Crippen LogP contribution in [-0.4, -0.2) is 42.9 Å². The van der Waals surface area contributed by atoms with Crippen LogP contribution in [0.25, 0.3) is 0 Å². The molecule has 1 aromatic rings. The lowest BCUT2D eigenvalue weighted by Crippen LogP contribution is -2.41. The van der Waals surface area contributed by atoms with Crippen LogP contribution in [0.4, 0.5) is 0 Å². The summed E-state index contributed by atoms with van der Waals surface area (Å²) < 4.78 is 0. The van der Waals surface area contributed by atoms with Crippen molar-refractivity contribution in [3.63, 3.8) is 0 Å². The second-order valence-corrected chi connectivity index (χ2v) is 5.94. The van der Waals surface area contributed by atoms with E-state index in [9.17, 15) is 9.59 Å². The quantitative estimate of drug-likeness (QED) is 0.799. The Balaban J connectivity index is 0.00000484. The molecule has 0 radical (unpaired) electrons. The lowest BCUT2D eigenvalue weighted by Gasteiger charge is -2.19. The van der Waals surface area contributed by atoms with Crippen molar-refractivity contribution in [2.24, 2.45) is 11.7 Å². The maximum Gasteiger partial charge on any atom is 0.253 e. The van der Waals surface area contributed by atoms with Gasteiger partial charge in [0.05, 0.1) is 0 Å². The van der Waals surface area contributed by atoms with Crippen LogP contribution < -0.4 is 11.1 Å². The van der Waals surface area contributed by atoms with Gasteiger partial charge in [-0.05, 0) is 37.5 Å². The number of hydrogen-bond acceptors (Lipinski definition) is 3. The molecule has 0 aliphatic rings. The molecule has 130 valence electrons. The molecule has 5 nitrogen and oxygen atoms in total. The molecule has 0 aromatic heterocycles. The highest BCUT2D eigenvalue weighted by Crippen LogP contribution is 2.10. The Bertz CT molecular complexity index is 520. The van der Waals surface area contributed by atoms with Crippen LogP contribution in [0.5, 0.6) is 0 Å². The maximum atomic E-state index is 12.3. The molecule has 1 rings (SSSR count). The lowest BCUT2D eigenvalue weighted by atomic mass is 10.0. The largest absolute Gasteiger partial charge is 0.348 e. The summed E-state index contributed by atoms with van der Waals surface area (Å²) in [7, 11) is 1.74. The Morgan fingerprint density at radius 1 is 1.26 bits per heavy atom. The number of amides is 2. The van der Waals surface area contributed by atoms with Crippen LogP contribution in [0, 0.1) is 5.92 Å². The minimum atomic E-state index is -0.190. The van der Waals surface area contributed by atoms with Gasteiger partial charge < -0.3 is 16.0 Å². The smallest absolute Gasteiger partial charge is 0.253 e. The van der Waals surface area contributed by atoms with E-state index in [1.165, 1.54) is 0 Å². The molecule has 0 aliphatic carbocycles. The fourth-order valence-corrected chi connectivity index (χ4v) is 2.21. The number of nitrogens with two attached hydrogens (primary N) is 1. The molecule has 0 saturated carbocycles. The topological polar surface area (TPSA) is 75.4 Å². The maximum absolute atomic E-state index is 12.3. The van der Waals surface area contributed by atoms with Gasteiger partial charge in [-0.15, -0.1) is 12.4 Å². The van der Waals surface area contributed by atoms with Gasteiger partial charge in [-0.25, -0.2) is 0 Å². The highest BCUT2D eigenvalue weighted by Gasteiger charge is 2.16. The second-order valence-electron chi connectivity index (χ2n) is 5.94. The molecule has 0 bridgehead atoms. The van der Waals surface area contributed by atoms with Gasteiger partial charge >= 0.3 is 0 Å². The van der Waals surface area contributed by atoms with Crippen molar-refractivity contribution in [2.75, 3.05) is 20.1 Å². The molecule has 0 fully saturated rings. The average molecular weight is 342 g/mol. The second kappa shape index (κ2) is 10.2. The highest BCUT2D eigenvalue weighted by atomic mass is 35.5. The fourth-order valence-electron chi connectivity index (χ4n) is 2.21. The van der Waals surface area contributed by atoms with Crippen LogP contribution in [0.15, 0.2) is 24.3 Å². The summed E-state index contributed by atoms with van der Waals surface area (Å²) in [6.07, 6.45) is 0.833. The Morgan fingerprint density at radius 3 is 2.39 bits per heavy atom. The van der Waals surface area contributed by atoms with Crippen molar-refractivity contribution in [3.05, 3.63) is 35.4 Å². The Kier molecular flexibility index (Phi) is 9.53. The first-order chi connectivity index (χ1) is 10.4. The Labute approximate surface area is 145 Å². The van der Waals surface area contributed by atoms with E-state index in [0.29, 0.717) is 30.1 Å². The molecule has 0 aliphatic heterocycles. The van der Waals surface area contributed by atoms with Crippen LogP contribution in [0.1, 0.15) is 47.9 Å². The van der Waals surface area contributed by atoms with E-state index in [2.05, 4.69) is 19.2 Å². The third-order valence-corrected chi connectivity index (χ3v) is 3.57. The minimum absolute atomic E-state index is 0. The standard InChI is InChI=1S/C17H27N3O2.ClH/c1-5-20(4)17(22)14-8-6-7-13(10-14)16(21)19-15(11-18)9-12(2)3;/h6-8,10,12,15H,5,9,11,18H2,1-4H3,(H,19,21);1H. The molecular formula is C17H28ClN3O2. The van der Waals surface area contributed by atoms with Crippen molar-refractivity contribution in [2.45, 2.75) is 33.2 Å². The van der Waals surface area contributed by atoms with Gasteiger partial charge in [-0.2, -0.15) is 0 Å². The van der Waals surface area contributed by atoms with Crippen molar-refractivity contribution >= 4 is 24.2 Å². The van der Waals surface area contributed by atoms with Crippen molar-refractivity contribution in [1.82, 2.24) is 10.2 Å². The van der Waals surface area contributed by atoms with Gasteiger partial charge in [-0.3, -0.25) is 9.59 Å². The predicted octanol–water partition coefficient (Wildman–Crippen LogP) is 2.30. The summed E-state index contributed by atoms with van der Waals surface area (Å²) in [5, 5.41) is 2.93. The minimum Gasteiger partial charge on any atom is -0.348 e. The zero-order chi connectivity index (χ0) is 16.7. The zero-order valence-corrected chi connectivity index (χ0v) is 15.2. The van der Waals surface area contributed by atoms with Gasteiger partial charge in [-0.1, -0.05) is 19.9 Å². The lowest BCUT2D eigenvalue weighted by molar-refractivity contribution is 0.0802. The first kappa shape index (κ1) is 21.4. The molecule has 0 heterocycles. The van der Waals surface area contributed by atoms with Crippen molar-refractivity contribution in [1.29, 1.82) is 0 Å². The van der Waals surface area contributed by atoms with Crippen molar-refractivity contribution in [3.8, 4) is 0 Å².